The van der Waals surface area contributed by atoms with E-state index in [0.29, 0.717) is 6.04 Å². The molecule has 1 aliphatic carbocycles. The molecule has 0 atom stereocenters. The summed E-state index contributed by atoms with van der Waals surface area (Å²) in [7, 11) is 0. The molecule has 1 aromatic rings. The Kier molecular flexibility index (Phi) is 4.15. The van der Waals surface area contributed by atoms with E-state index in [4.69, 9.17) is 0 Å². The Morgan fingerprint density at radius 1 is 1.59 bits per heavy atom. The average Bonchev–Trinajstić information content (AvgIpc) is 3.18. The third-order valence-corrected chi connectivity index (χ3v) is 3.07. The van der Waals surface area contributed by atoms with Gasteiger partial charge in [0.2, 0.25) is 0 Å². The van der Waals surface area contributed by atoms with Gasteiger partial charge in [0.1, 0.15) is 0 Å². The zero-order chi connectivity index (χ0) is 12.1. The largest absolute Gasteiger partial charge is 0.364 e. The SMILES string of the molecule is C=CCN(c1ccncc1CNCC)C1CC1. The number of pyridine rings is 1. The molecule has 0 radical (unpaired) electrons. The van der Waals surface area contributed by atoms with E-state index in [2.05, 4.69) is 34.8 Å². The van der Waals surface area contributed by atoms with E-state index >= 15 is 0 Å². The summed E-state index contributed by atoms with van der Waals surface area (Å²) in [6.07, 6.45) is 8.43. The molecule has 1 saturated carbocycles. The van der Waals surface area contributed by atoms with Crippen molar-refractivity contribution in [2.24, 2.45) is 0 Å². The van der Waals surface area contributed by atoms with Crippen LogP contribution in [0.3, 0.4) is 0 Å². The van der Waals surface area contributed by atoms with Gasteiger partial charge < -0.3 is 10.2 Å². The number of nitrogens with one attached hydrogen (secondary N) is 1. The molecule has 1 fully saturated rings. The standard InChI is InChI=1S/C14H21N3/c1-3-9-17(13-5-6-13)14-7-8-16-11-12(14)10-15-4-2/h3,7-8,11,13,15H,1,4-6,9-10H2,2H3. The molecule has 0 bridgehead atoms. The summed E-state index contributed by atoms with van der Waals surface area (Å²) < 4.78 is 0. The Labute approximate surface area is 104 Å². The summed E-state index contributed by atoms with van der Waals surface area (Å²) in [4.78, 5) is 6.67. The Bertz CT molecular complexity index is 371. The lowest BCUT2D eigenvalue weighted by molar-refractivity contribution is 0.718. The monoisotopic (exact) mass is 231 g/mol. The third-order valence-electron chi connectivity index (χ3n) is 3.07. The molecule has 3 nitrogen and oxygen atoms in total. The molecule has 0 unspecified atom stereocenters. The molecule has 0 spiro atoms. The Hall–Kier alpha value is -1.35. The van der Waals surface area contributed by atoms with Crippen molar-refractivity contribution in [3.8, 4) is 0 Å². The van der Waals surface area contributed by atoms with Crippen molar-refractivity contribution in [3.63, 3.8) is 0 Å². The summed E-state index contributed by atoms with van der Waals surface area (Å²) >= 11 is 0. The fourth-order valence-corrected chi connectivity index (χ4v) is 2.07. The quantitative estimate of drug-likeness (QED) is 0.730. The Balaban J connectivity index is 2.18. The highest BCUT2D eigenvalue weighted by Crippen LogP contribution is 2.33. The van der Waals surface area contributed by atoms with Gasteiger partial charge in [-0.25, -0.2) is 0 Å². The lowest BCUT2D eigenvalue weighted by Crippen LogP contribution is -2.27. The zero-order valence-corrected chi connectivity index (χ0v) is 10.5. The Morgan fingerprint density at radius 3 is 3.06 bits per heavy atom. The van der Waals surface area contributed by atoms with E-state index in [1.165, 1.54) is 24.1 Å². The molecule has 17 heavy (non-hydrogen) atoms. The smallest absolute Gasteiger partial charge is 0.0448 e. The summed E-state index contributed by atoms with van der Waals surface area (Å²) in [5, 5.41) is 3.37. The number of hydrogen-bond acceptors (Lipinski definition) is 3. The van der Waals surface area contributed by atoms with Crippen molar-refractivity contribution in [2.75, 3.05) is 18.0 Å². The first-order valence-electron chi connectivity index (χ1n) is 6.38. The predicted molar refractivity (Wildman–Crippen MR) is 72.2 cm³/mol. The maximum atomic E-state index is 4.23. The molecule has 2 rings (SSSR count). The van der Waals surface area contributed by atoms with Crippen LogP contribution in [0.2, 0.25) is 0 Å². The minimum absolute atomic E-state index is 0.704. The number of anilines is 1. The number of nitrogens with zero attached hydrogens (tertiary/aromatic N) is 2. The van der Waals surface area contributed by atoms with Crippen LogP contribution in [-0.4, -0.2) is 24.1 Å². The van der Waals surface area contributed by atoms with Crippen LogP contribution >= 0.6 is 0 Å². The first-order chi connectivity index (χ1) is 8.36. The normalized spacial score (nSPS) is 14.6. The average molecular weight is 231 g/mol. The molecule has 0 saturated heterocycles. The molecule has 92 valence electrons. The highest BCUT2D eigenvalue weighted by atomic mass is 15.2. The lowest BCUT2D eigenvalue weighted by Gasteiger charge is -2.25. The molecule has 1 heterocycles. The molecule has 1 aliphatic rings. The van der Waals surface area contributed by atoms with Gasteiger partial charge in [-0.3, -0.25) is 4.98 Å². The van der Waals surface area contributed by atoms with E-state index < -0.39 is 0 Å². The van der Waals surface area contributed by atoms with Gasteiger partial charge >= 0.3 is 0 Å². The van der Waals surface area contributed by atoms with Gasteiger partial charge in [-0.1, -0.05) is 13.0 Å². The summed E-state index contributed by atoms with van der Waals surface area (Å²) in [6, 6.07) is 2.82. The van der Waals surface area contributed by atoms with Crippen molar-refractivity contribution < 1.29 is 0 Å². The topological polar surface area (TPSA) is 28.2 Å². The van der Waals surface area contributed by atoms with Crippen LogP contribution in [-0.2, 0) is 6.54 Å². The van der Waals surface area contributed by atoms with Gasteiger partial charge in [-0.2, -0.15) is 0 Å². The van der Waals surface area contributed by atoms with Crippen LogP contribution < -0.4 is 10.2 Å². The third kappa shape index (κ3) is 3.07. The second-order valence-electron chi connectivity index (χ2n) is 4.46. The van der Waals surface area contributed by atoms with Crippen molar-refractivity contribution >= 4 is 5.69 Å². The zero-order valence-electron chi connectivity index (χ0n) is 10.5. The van der Waals surface area contributed by atoms with Crippen molar-refractivity contribution in [2.45, 2.75) is 32.4 Å². The highest BCUT2D eigenvalue weighted by molar-refractivity contribution is 5.54. The van der Waals surface area contributed by atoms with Crippen LogP contribution in [0.15, 0.2) is 31.1 Å². The summed E-state index contributed by atoms with van der Waals surface area (Å²) in [5.74, 6) is 0. The highest BCUT2D eigenvalue weighted by Gasteiger charge is 2.29. The molecular weight excluding hydrogens is 210 g/mol. The summed E-state index contributed by atoms with van der Waals surface area (Å²) in [6.45, 7) is 8.78. The fourth-order valence-electron chi connectivity index (χ4n) is 2.07. The number of aromatic nitrogens is 1. The van der Waals surface area contributed by atoms with Gasteiger partial charge in [0.05, 0.1) is 0 Å². The van der Waals surface area contributed by atoms with Gasteiger partial charge in [0.15, 0.2) is 0 Å². The number of rotatable bonds is 7. The van der Waals surface area contributed by atoms with Crippen molar-refractivity contribution in [1.29, 1.82) is 0 Å². The van der Waals surface area contributed by atoms with Crippen LogP contribution in [0, 0.1) is 0 Å². The van der Waals surface area contributed by atoms with Gasteiger partial charge in [-0.15, -0.1) is 6.58 Å². The Morgan fingerprint density at radius 2 is 2.41 bits per heavy atom. The van der Waals surface area contributed by atoms with E-state index in [9.17, 15) is 0 Å². The van der Waals surface area contributed by atoms with Gasteiger partial charge in [-0.05, 0) is 25.5 Å². The lowest BCUT2D eigenvalue weighted by atomic mass is 10.2. The van der Waals surface area contributed by atoms with Gasteiger partial charge in [0.25, 0.3) is 0 Å². The van der Waals surface area contributed by atoms with E-state index in [1.807, 2.05) is 18.5 Å². The van der Waals surface area contributed by atoms with Crippen molar-refractivity contribution in [3.05, 3.63) is 36.7 Å². The maximum absolute atomic E-state index is 4.23. The molecule has 0 aliphatic heterocycles. The first-order valence-corrected chi connectivity index (χ1v) is 6.38. The van der Waals surface area contributed by atoms with E-state index in [0.717, 1.165) is 19.6 Å². The molecule has 3 heteroatoms. The molecule has 1 aromatic heterocycles. The molecular formula is C14H21N3. The maximum Gasteiger partial charge on any atom is 0.0448 e. The van der Waals surface area contributed by atoms with Gasteiger partial charge in [0, 0.05) is 42.8 Å². The van der Waals surface area contributed by atoms with E-state index in [-0.39, 0.29) is 0 Å². The first kappa shape index (κ1) is 12.1. The molecule has 1 N–H and O–H groups in total. The molecule has 0 aromatic carbocycles. The second kappa shape index (κ2) is 5.82. The predicted octanol–water partition coefficient (Wildman–Crippen LogP) is 2.35. The van der Waals surface area contributed by atoms with E-state index in [1.54, 1.807) is 0 Å². The fraction of sp³-hybridized carbons (Fsp3) is 0.500. The number of hydrogen-bond donors (Lipinski definition) is 1. The molecule has 0 amide bonds. The second-order valence-corrected chi connectivity index (χ2v) is 4.46. The minimum Gasteiger partial charge on any atom is -0.364 e. The van der Waals surface area contributed by atoms with Crippen LogP contribution in [0.25, 0.3) is 0 Å². The summed E-state index contributed by atoms with van der Waals surface area (Å²) in [5.41, 5.74) is 2.59. The van der Waals surface area contributed by atoms with Crippen LogP contribution in [0.5, 0.6) is 0 Å². The van der Waals surface area contributed by atoms with Crippen molar-refractivity contribution in [1.82, 2.24) is 10.3 Å². The minimum atomic E-state index is 0.704. The van der Waals surface area contributed by atoms with Crippen LogP contribution in [0.1, 0.15) is 25.3 Å². The van der Waals surface area contributed by atoms with Crippen LogP contribution in [0.4, 0.5) is 5.69 Å².